The normalized spacial score (nSPS) is 10.7. The second-order valence-electron chi connectivity index (χ2n) is 7.14. The van der Waals surface area contributed by atoms with Crippen LogP contribution in [0.4, 0.5) is 9.80 Å². The summed E-state index contributed by atoms with van der Waals surface area (Å²) in [6.07, 6.45) is 3.40. The first-order chi connectivity index (χ1) is 16.9. The molecule has 0 atom stereocenters. The largest absolute Gasteiger partial charge is 0.493 e. The summed E-state index contributed by atoms with van der Waals surface area (Å²) in [7, 11) is 1.54. The molecule has 0 aliphatic rings. The Kier molecular flexibility index (Phi) is 11.0. The van der Waals surface area contributed by atoms with E-state index in [4.69, 9.17) is 18.9 Å². The first-order valence-corrected chi connectivity index (χ1v) is 12.1. The summed E-state index contributed by atoms with van der Waals surface area (Å²) < 4.78 is 21.2. The van der Waals surface area contributed by atoms with E-state index in [0.717, 1.165) is 24.2 Å². The van der Waals surface area contributed by atoms with E-state index in [1.54, 1.807) is 46.1 Å². The number of carbonyl (C=O) groups excluding carboxylic acids is 3. The monoisotopic (exact) mass is 505 g/mol. The molecule has 190 valence electrons. The van der Waals surface area contributed by atoms with Gasteiger partial charge in [-0.1, -0.05) is 13.3 Å². The van der Waals surface area contributed by atoms with Crippen LogP contribution in [0, 0.1) is 6.92 Å². The Morgan fingerprint density at radius 1 is 1.06 bits per heavy atom. The standard InChI is InChI=1S/C24H31N3O7S/c1-6-9-12-34-17-11-10-16(13-18(17)31-5)14-25-27-24(30)26-21-19(22(28)32-7-2)15(4)20(35-21)23(29)33-8-3/h10-11,13-14H,6-9,12H2,1-5H3,(H2,26,27,30). The van der Waals surface area contributed by atoms with Crippen LogP contribution in [-0.2, 0) is 9.47 Å². The fraction of sp³-hybridized carbons (Fsp3) is 0.417. The highest BCUT2D eigenvalue weighted by atomic mass is 32.1. The van der Waals surface area contributed by atoms with Crippen LogP contribution in [-0.4, -0.2) is 51.1 Å². The van der Waals surface area contributed by atoms with Crippen LogP contribution in [0.3, 0.4) is 0 Å². The first-order valence-electron chi connectivity index (χ1n) is 11.2. The van der Waals surface area contributed by atoms with Crippen molar-refractivity contribution in [1.82, 2.24) is 5.43 Å². The first kappa shape index (κ1) is 27.6. The van der Waals surface area contributed by atoms with E-state index in [1.165, 1.54) is 6.21 Å². The molecular formula is C24H31N3O7S. The summed E-state index contributed by atoms with van der Waals surface area (Å²) in [4.78, 5) is 37.3. The molecule has 0 bridgehead atoms. The van der Waals surface area contributed by atoms with Crippen molar-refractivity contribution in [2.45, 2.75) is 40.5 Å². The lowest BCUT2D eigenvalue weighted by atomic mass is 10.1. The lowest BCUT2D eigenvalue weighted by Gasteiger charge is -2.10. The number of thiophene rings is 1. The fourth-order valence-corrected chi connectivity index (χ4v) is 4.03. The predicted octanol–water partition coefficient (Wildman–Crippen LogP) is 4.75. The number of carbonyl (C=O) groups is 3. The summed E-state index contributed by atoms with van der Waals surface area (Å²) in [6, 6.07) is 4.58. The minimum Gasteiger partial charge on any atom is -0.493 e. The Morgan fingerprint density at radius 3 is 2.43 bits per heavy atom. The maximum atomic E-state index is 12.4. The highest BCUT2D eigenvalue weighted by Crippen LogP contribution is 2.34. The third-order valence-corrected chi connectivity index (χ3v) is 5.82. The Balaban J connectivity index is 2.12. The van der Waals surface area contributed by atoms with Crippen molar-refractivity contribution in [3.05, 3.63) is 39.8 Å². The van der Waals surface area contributed by atoms with Crippen LogP contribution in [0.15, 0.2) is 23.3 Å². The number of amides is 2. The van der Waals surface area contributed by atoms with E-state index in [2.05, 4.69) is 22.8 Å². The number of ether oxygens (including phenoxy) is 4. The quantitative estimate of drug-likeness (QED) is 0.185. The van der Waals surface area contributed by atoms with E-state index in [1.807, 2.05) is 0 Å². The number of unbranched alkanes of at least 4 members (excludes halogenated alkanes) is 1. The molecule has 0 unspecified atom stereocenters. The molecule has 0 aliphatic heterocycles. The van der Waals surface area contributed by atoms with Gasteiger partial charge in [0.25, 0.3) is 0 Å². The number of rotatable bonds is 12. The van der Waals surface area contributed by atoms with Crippen LogP contribution >= 0.6 is 11.3 Å². The van der Waals surface area contributed by atoms with Crippen LogP contribution < -0.4 is 20.2 Å². The Morgan fingerprint density at radius 2 is 1.77 bits per heavy atom. The number of urea groups is 1. The number of hydrazone groups is 1. The Bertz CT molecular complexity index is 1070. The molecule has 2 amide bonds. The van der Waals surface area contributed by atoms with Gasteiger partial charge < -0.3 is 18.9 Å². The highest BCUT2D eigenvalue weighted by molar-refractivity contribution is 7.18. The molecule has 2 aromatic rings. The van der Waals surface area contributed by atoms with Gasteiger partial charge in [0.15, 0.2) is 11.5 Å². The summed E-state index contributed by atoms with van der Waals surface area (Å²) in [5.74, 6) is -0.0538. The van der Waals surface area contributed by atoms with Gasteiger partial charge in [0.05, 0.1) is 38.7 Å². The third-order valence-electron chi connectivity index (χ3n) is 4.64. The van der Waals surface area contributed by atoms with E-state index in [-0.39, 0.29) is 28.7 Å². The Hall–Kier alpha value is -3.60. The number of nitrogens with one attached hydrogen (secondary N) is 2. The molecule has 1 aromatic heterocycles. The van der Waals surface area contributed by atoms with E-state index >= 15 is 0 Å². The van der Waals surface area contributed by atoms with Crippen LogP contribution in [0.1, 0.15) is 64.8 Å². The van der Waals surface area contributed by atoms with Gasteiger partial charge in [-0.05, 0) is 56.5 Å². The maximum Gasteiger partial charge on any atom is 0.348 e. The van der Waals surface area contributed by atoms with E-state index < -0.39 is 18.0 Å². The molecule has 0 saturated heterocycles. The zero-order valence-corrected chi connectivity index (χ0v) is 21.4. The zero-order chi connectivity index (χ0) is 25.8. The molecule has 0 aliphatic carbocycles. The minimum absolute atomic E-state index is 0.0995. The lowest BCUT2D eigenvalue weighted by Crippen LogP contribution is -2.24. The molecule has 11 heteroatoms. The smallest absolute Gasteiger partial charge is 0.348 e. The number of benzene rings is 1. The molecular weight excluding hydrogens is 474 g/mol. The molecule has 2 rings (SSSR count). The third kappa shape index (κ3) is 7.71. The van der Waals surface area contributed by atoms with Crippen molar-refractivity contribution in [2.75, 3.05) is 32.2 Å². The molecule has 0 fully saturated rings. The average molecular weight is 506 g/mol. The second-order valence-corrected chi connectivity index (χ2v) is 8.16. The van der Waals surface area contributed by atoms with Crippen molar-refractivity contribution in [1.29, 1.82) is 0 Å². The van der Waals surface area contributed by atoms with Crippen molar-refractivity contribution in [3.8, 4) is 11.5 Å². The molecule has 0 spiro atoms. The zero-order valence-electron chi connectivity index (χ0n) is 20.6. The molecule has 35 heavy (non-hydrogen) atoms. The molecule has 0 radical (unpaired) electrons. The fourth-order valence-electron chi connectivity index (χ4n) is 2.95. The van der Waals surface area contributed by atoms with Crippen LogP contribution in [0.2, 0.25) is 0 Å². The van der Waals surface area contributed by atoms with E-state index in [0.29, 0.717) is 29.2 Å². The molecule has 1 aromatic carbocycles. The summed E-state index contributed by atoms with van der Waals surface area (Å²) in [6.45, 7) is 7.94. The Labute approximate surface area is 208 Å². The van der Waals surface area contributed by atoms with Gasteiger partial charge in [0.2, 0.25) is 0 Å². The summed E-state index contributed by atoms with van der Waals surface area (Å²) >= 11 is 0.931. The molecule has 0 saturated carbocycles. The van der Waals surface area contributed by atoms with Gasteiger partial charge in [-0.15, -0.1) is 11.3 Å². The minimum atomic E-state index is -0.699. The van der Waals surface area contributed by atoms with Crippen molar-refractivity contribution in [2.24, 2.45) is 5.10 Å². The number of anilines is 1. The van der Waals surface area contributed by atoms with Crippen LogP contribution in [0.25, 0.3) is 0 Å². The average Bonchev–Trinajstić information content (AvgIpc) is 3.15. The highest BCUT2D eigenvalue weighted by Gasteiger charge is 2.27. The van der Waals surface area contributed by atoms with Crippen molar-refractivity contribution in [3.63, 3.8) is 0 Å². The van der Waals surface area contributed by atoms with E-state index in [9.17, 15) is 14.4 Å². The van der Waals surface area contributed by atoms with Gasteiger partial charge in [0, 0.05) is 0 Å². The lowest BCUT2D eigenvalue weighted by molar-refractivity contribution is 0.0527. The van der Waals surface area contributed by atoms with Gasteiger partial charge in [0.1, 0.15) is 9.88 Å². The predicted molar refractivity (Wildman–Crippen MR) is 134 cm³/mol. The van der Waals surface area contributed by atoms with Gasteiger partial charge >= 0.3 is 18.0 Å². The van der Waals surface area contributed by atoms with Gasteiger partial charge in [-0.3, -0.25) is 5.32 Å². The number of hydrogen-bond donors (Lipinski definition) is 2. The van der Waals surface area contributed by atoms with Gasteiger partial charge in [-0.2, -0.15) is 5.10 Å². The molecule has 2 N–H and O–H groups in total. The molecule has 10 nitrogen and oxygen atoms in total. The SMILES string of the molecule is CCCCOc1ccc(C=NNC(=O)Nc2sc(C(=O)OCC)c(C)c2C(=O)OCC)cc1OC. The molecule has 1 heterocycles. The van der Waals surface area contributed by atoms with Crippen molar-refractivity contribution < 1.29 is 33.3 Å². The topological polar surface area (TPSA) is 125 Å². The summed E-state index contributed by atoms with van der Waals surface area (Å²) in [5.41, 5.74) is 3.49. The number of nitrogens with zero attached hydrogens (tertiary/aromatic N) is 1. The number of methoxy groups -OCH3 is 1. The number of esters is 2. The van der Waals surface area contributed by atoms with Crippen LogP contribution in [0.5, 0.6) is 11.5 Å². The van der Waals surface area contributed by atoms with Gasteiger partial charge in [-0.25, -0.2) is 19.8 Å². The maximum absolute atomic E-state index is 12.4. The number of hydrogen-bond acceptors (Lipinski definition) is 9. The second kappa shape index (κ2) is 14.0. The summed E-state index contributed by atoms with van der Waals surface area (Å²) in [5, 5.41) is 6.65. The van der Waals surface area contributed by atoms with Crippen molar-refractivity contribution >= 4 is 40.5 Å².